The lowest BCUT2D eigenvalue weighted by atomic mass is 10.0. The molecule has 1 aromatic carbocycles. The second kappa shape index (κ2) is 9.89. The average Bonchev–Trinajstić information content (AvgIpc) is 3.03. The Bertz CT molecular complexity index is 1130. The van der Waals surface area contributed by atoms with Gasteiger partial charge in [-0.05, 0) is 37.6 Å². The Morgan fingerprint density at radius 1 is 1.25 bits per heavy atom. The average molecular weight is 488 g/mol. The van der Waals surface area contributed by atoms with Gasteiger partial charge in [-0.15, -0.1) is 0 Å². The van der Waals surface area contributed by atoms with E-state index in [9.17, 15) is 31.5 Å². The lowest BCUT2D eigenvalue weighted by Gasteiger charge is -2.24. The van der Waals surface area contributed by atoms with Gasteiger partial charge in [0.25, 0.3) is 10.1 Å². The number of benzene rings is 1. The topological polar surface area (TPSA) is 144 Å². The molecule has 1 fully saturated rings. The summed E-state index contributed by atoms with van der Waals surface area (Å²) in [4.78, 5) is 25.1. The van der Waals surface area contributed by atoms with Crippen LogP contribution in [0.15, 0.2) is 24.3 Å². The van der Waals surface area contributed by atoms with Gasteiger partial charge in [0.05, 0.1) is 19.4 Å². The van der Waals surface area contributed by atoms with Crippen molar-refractivity contribution in [3.8, 4) is 11.8 Å². The number of ether oxygens (including phenoxy) is 1. The fraction of sp³-hybridized carbons (Fsp3) is 0.500. The van der Waals surface area contributed by atoms with Crippen molar-refractivity contribution in [1.82, 2.24) is 0 Å². The number of cyclic esters (lactones) is 1. The Hall–Kier alpha value is -2.62. The second-order valence-corrected chi connectivity index (χ2v) is 11.7. The molecule has 0 aliphatic carbocycles. The van der Waals surface area contributed by atoms with E-state index in [4.69, 9.17) is 4.74 Å². The van der Waals surface area contributed by atoms with Gasteiger partial charge in [-0.1, -0.05) is 11.8 Å². The van der Waals surface area contributed by atoms with E-state index in [-0.39, 0.29) is 19.6 Å². The van der Waals surface area contributed by atoms with Gasteiger partial charge in [-0.3, -0.25) is 13.9 Å². The Kier molecular flexibility index (Phi) is 7.92. The molecule has 0 bridgehead atoms. The number of carboxylic acids is 1. The number of hydrogen-bond acceptors (Lipinski definition) is 8. The molecule has 2 unspecified atom stereocenters. The molecule has 1 N–H and O–H groups in total. The predicted molar refractivity (Wildman–Crippen MR) is 116 cm³/mol. The van der Waals surface area contributed by atoms with Crippen molar-refractivity contribution in [2.75, 3.05) is 30.6 Å². The molecule has 2 rings (SSSR count). The maximum Gasteiger partial charge on any atom is 0.414 e. The van der Waals surface area contributed by atoms with E-state index in [1.807, 2.05) is 0 Å². The van der Waals surface area contributed by atoms with Gasteiger partial charge in [0.1, 0.15) is 6.10 Å². The fourth-order valence-electron chi connectivity index (χ4n) is 2.93. The number of nitrogens with zero attached hydrogens (tertiary/aromatic N) is 1. The summed E-state index contributed by atoms with van der Waals surface area (Å²) in [5, 5.41) is 9.38. The number of aliphatic carboxylic acids is 1. The maximum absolute atomic E-state index is 12.2. The highest BCUT2D eigenvalue weighted by Crippen LogP contribution is 2.30. The summed E-state index contributed by atoms with van der Waals surface area (Å²) in [6.07, 6.45) is 0.772. The first kappa shape index (κ1) is 25.6. The van der Waals surface area contributed by atoms with Crippen LogP contribution in [0.4, 0.5) is 10.5 Å². The molecule has 0 spiro atoms. The first-order chi connectivity index (χ1) is 14.7. The largest absolute Gasteiger partial charge is 0.480 e. The number of rotatable bonds is 9. The van der Waals surface area contributed by atoms with Crippen molar-refractivity contribution >= 4 is 37.7 Å². The molecule has 12 heteroatoms. The number of anilines is 1. The summed E-state index contributed by atoms with van der Waals surface area (Å²) in [5.74, 6) is 4.32. The van der Waals surface area contributed by atoms with Gasteiger partial charge in [-0.25, -0.2) is 13.2 Å². The molecule has 1 saturated heterocycles. The predicted octanol–water partition coefficient (Wildman–Crippen LogP) is 1.40. The minimum atomic E-state index is -3.94. The van der Waals surface area contributed by atoms with E-state index < -0.39 is 42.9 Å². The number of sulfone groups is 1. The van der Waals surface area contributed by atoms with Crippen LogP contribution in [0.2, 0.25) is 0 Å². The monoisotopic (exact) mass is 487 g/mol. The van der Waals surface area contributed by atoms with Crippen LogP contribution in [0.1, 0.15) is 31.7 Å². The summed E-state index contributed by atoms with van der Waals surface area (Å²) in [6.45, 7) is 1.18. The highest BCUT2D eigenvalue weighted by atomic mass is 32.2. The molecule has 0 aromatic heterocycles. The first-order valence-electron chi connectivity index (χ1n) is 9.57. The quantitative estimate of drug-likeness (QED) is 0.310. The Balaban J connectivity index is 1.98. The normalized spacial score (nSPS) is 18.4. The van der Waals surface area contributed by atoms with Crippen LogP contribution in [0.25, 0.3) is 0 Å². The number of amides is 1. The summed E-state index contributed by atoms with van der Waals surface area (Å²) in [6, 6.07) is 6.67. The summed E-state index contributed by atoms with van der Waals surface area (Å²) in [5.41, 5.74) is 1.18. The highest BCUT2D eigenvalue weighted by molar-refractivity contribution is 7.92. The van der Waals surface area contributed by atoms with E-state index in [1.54, 1.807) is 24.3 Å². The molecular weight excluding hydrogens is 462 g/mol. The number of carbonyl (C=O) groups excluding carboxylic acids is 1. The van der Waals surface area contributed by atoms with Gasteiger partial charge in [0, 0.05) is 30.3 Å². The molecule has 1 heterocycles. The van der Waals surface area contributed by atoms with Crippen LogP contribution in [0.3, 0.4) is 0 Å². The van der Waals surface area contributed by atoms with E-state index in [0.717, 1.165) is 19.4 Å². The maximum atomic E-state index is 12.2. The lowest BCUT2D eigenvalue weighted by molar-refractivity contribution is -0.140. The molecular formula is C20H25NO9S2. The molecule has 1 aliphatic rings. The third kappa shape index (κ3) is 6.69. The Labute approximate surface area is 187 Å². The van der Waals surface area contributed by atoms with Crippen LogP contribution < -0.4 is 4.90 Å². The van der Waals surface area contributed by atoms with Gasteiger partial charge in [-0.2, -0.15) is 8.42 Å². The minimum absolute atomic E-state index is 0.0165. The van der Waals surface area contributed by atoms with Crippen molar-refractivity contribution in [1.29, 1.82) is 0 Å². The van der Waals surface area contributed by atoms with Crippen LogP contribution in [-0.2, 0) is 33.7 Å². The molecule has 176 valence electrons. The highest BCUT2D eigenvalue weighted by Gasteiger charge is 2.48. The Morgan fingerprint density at radius 2 is 1.88 bits per heavy atom. The second-order valence-electron chi connectivity index (χ2n) is 7.61. The van der Waals surface area contributed by atoms with E-state index in [1.165, 1.54) is 4.90 Å². The van der Waals surface area contributed by atoms with Crippen molar-refractivity contribution in [3.05, 3.63) is 29.8 Å². The molecule has 1 aliphatic heterocycles. The molecule has 10 nitrogen and oxygen atoms in total. The van der Waals surface area contributed by atoms with Gasteiger partial charge in [0.15, 0.2) is 14.6 Å². The summed E-state index contributed by atoms with van der Waals surface area (Å²) < 4.78 is 53.4. The minimum Gasteiger partial charge on any atom is -0.480 e. The van der Waals surface area contributed by atoms with Crippen molar-refractivity contribution in [2.24, 2.45) is 0 Å². The number of unbranched alkanes of at least 4 members (excludes halogenated alkanes) is 1. The van der Waals surface area contributed by atoms with E-state index in [0.29, 0.717) is 24.1 Å². The van der Waals surface area contributed by atoms with E-state index in [2.05, 4.69) is 16.0 Å². The van der Waals surface area contributed by atoms with Crippen molar-refractivity contribution in [3.63, 3.8) is 0 Å². The van der Waals surface area contributed by atoms with Crippen LogP contribution >= 0.6 is 0 Å². The number of hydrogen-bond donors (Lipinski definition) is 1. The molecule has 0 saturated carbocycles. The first-order valence-corrected chi connectivity index (χ1v) is 13.3. The van der Waals surface area contributed by atoms with Crippen molar-refractivity contribution in [2.45, 2.75) is 37.0 Å². The number of carbonyl (C=O) groups is 2. The standard InChI is InChI=1S/C20H25NO9S2/c1-20(18(22)23,31(2,25)26)13-17-14-21(19(24)30-17)16-10-8-15(9-11-16)7-5-4-6-12-29-32(3,27)28/h8-11,17H,4,6,12-14H2,1-3H3,(H,22,23). The summed E-state index contributed by atoms with van der Waals surface area (Å²) >= 11 is 0. The Morgan fingerprint density at radius 3 is 2.41 bits per heavy atom. The number of carboxylic acid groups (broad SMARTS) is 1. The molecule has 0 radical (unpaired) electrons. The van der Waals surface area contributed by atoms with E-state index >= 15 is 0 Å². The van der Waals surface area contributed by atoms with Crippen LogP contribution in [0.5, 0.6) is 0 Å². The molecule has 1 amide bonds. The zero-order chi connectivity index (χ0) is 24.2. The fourth-order valence-corrected chi connectivity index (χ4v) is 4.16. The molecule has 1 aromatic rings. The SMILES string of the molecule is CC(CC1CN(c2ccc(C#CCCCOS(C)(=O)=O)cc2)C(=O)O1)(C(=O)O)S(C)(=O)=O. The van der Waals surface area contributed by atoms with Gasteiger partial charge in [0.2, 0.25) is 0 Å². The molecule has 32 heavy (non-hydrogen) atoms. The van der Waals surface area contributed by atoms with Crippen molar-refractivity contribution < 1.29 is 40.5 Å². The lowest BCUT2D eigenvalue weighted by Crippen LogP contribution is -2.46. The van der Waals surface area contributed by atoms with Gasteiger partial charge >= 0.3 is 12.1 Å². The van der Waals surface area contributed by atoms with Gasteiger partial charge < -0.3 is 9.84 Å². The van der Waals surface area contributed by atoms with Crippen LogP contribution in [0, 0.1) is 11.8 Å². The summed E-state index contributed by atoms with van der Waals surface area (Å²) in [7, 11) is -7.40. The molecule has 2 atom stereocenters. The smallest absolute Gasteiger partial charge is 0.414 e. The third-order valence-electron chi connectivity index (χ3n) is 4.92. The third-order valence-corrected chi connectivity index (χ3v) is 7.49. The zero-order valence-electron chi connectivity index (χ0n) is 17.9. The zero-order valence-corrected chi connectivity index (χ0v) is 19.5. The van der Waals surface area contributed by atoms with Crippen LogP contribution in [-0.4, -0.2) is 70.5 Å².